The van der Waals surface area contributed by atoms with E-state index in [0.717, 1.165) is 0 Å². The number of nitrogens with zero attached hydrogens (tertiary/aromatic N) is 2. The van der Waals surface area contributed by atoms with Gasteiger partial charge in [-0.25, -0.2) is 4.79 Å². The summed E-state index contributed by atoms with van der Waals surface area (Å²) >= 11 is 4.03. The maximum absolute atomic E-state index is 12.8. The number of carbonyl (C=O) groups excluding carboxylic acids is 3. The van der Waals surface area contributed by atoms with E-state index in [0.29, 0.717) is 12.8 Å². The maximum Gasteiger partial charge on any atom is 0.326 e. The minimum absolute atomic E-state index is 0.0531. The van der Waals surface area contributed by atoms with Gasteiger partial charge in [-0.15, -0.1) is 0 Å². The number of nitrogens with one attached hydrogen (secondary N) is 3. The van der Waals surface area contributed by atoms with Crippen LogP contribution in [0.3, 0.4) is 0 Å². The van der Waals surface area contributed by atoms with Crippen molar-refractivity contribution >= 4 is 48.2 Å². The lowest BCUT2D eigenvalue weighted by Gasteiger charge is -2.24. The number of guanidine groups is 2. The molecule has 0 radical (unpaired) electrons. The van der Waals surface area contributed by atoms with Crippen molar-refractivity contribution in [1.82, 2.24) is 16.0 Å². The molecule has 3 amide bonds. The molecule has 33 heavy (non-hydrogen) atoms. The molecule has 3 unspecified atom stereocenters. The topological polar surface area (TPSA) is 279 Å². The van der Waals surface area contributed by atoms with Crippen molar-refractivity contribution in [2.24, 2.45) is 38.7 Å². The van der Waals surface area contributed by atoms with E-state index in [2.05, 4.69) is 38.6 Å². The molecule has 3 atom stereocenters. The third-order valence-electron chi connectivity index (χ3n) is 4.16. The van der Waals surface area contributed by atoms with Crippen LogP contribution in [0.15, 0.2) is 9.98 Å². The monoisotopic (exact) mass is 490 g/mol. The van der Waals surface area contributed by atoms with Gasteiger partial charge in [0.25, 0.3) is 0 Å². The second-order valence-electron chi connectivity index (χ2n) is 6.87. The normalized spacial score (nSPS) is 13.0. The first kappa shape index (κ1) is 29.7. The molecule has 0 fully saturated rings. The van der Waals surface area contributed by atoms with Crippen LogP contribution in [0.4, 0.5) is 0 Å². The number of aliphatic imine (C=N–C) groups is 2. The fourth-order valence-electron chi connectivity index (χ4n) is 2.53. The second kappa shape index (κ2) is 16.4. The van der Waals surface area contributed by atoms with Crippen molar-refractivity contribution in [3.05, 3.63) is 0 Å². The van der Waals surface area contributed by atoms with Crippen molar-refractivity contribution in [3.8, 4) is 0 Å². The Morgan fingerprint density at radius 1 is 0.788 bits per heavy atom. The second-order valence-corrected chi connectivity index (χ2v) is 7.23. The molecule has 0 spiro atoms. The van der Waals surface area contributed by atoms with Crippen LogP contribution in [0, 0.1) is 0 Å². The van der Waals surface area contributed by atoms with Gasteiger partial charge in [-0.05, 0) is 25.7 Å². The van der Waals surface area contributed by atoms with E-state index in [-0.39, 0.29) is 50.1 Å². The summed E-state index contributed by atoms with van der Waals surface area (Å²) in [5, 5.41) is 16.7. The molecule has 0 aromatic rings. The number of hydrogen-bond donors (Lipinski definition) is 10. The molecule has 14 N–H and O–H groups in total. The Morgan fingerprint density at radius 2 is 1.24 bits per heavy atom. The molecule has 16 heteroatoms. The van der Waals surface area contributed by atoms with Crippen molar-refractivity contribution in [3.63, 3.8) is 0 Å². The Morgan fingerprint density at radius 3 is 1.67 bits per heavy atom. The summed E-state index contributed by atoms with van der Waals surface area (Å²) in [5.74, 6) is -3.57. The summed E-state index contributed by atoms with van der Waals surface area (Å²) in [6, 6.07) is -3.41. The van der Waals surface area contributed by atoms with Crippen LogP contribution in [0.5, 0.6) is 0 Å². The Hall–Kier alpha value is -3.27. The minimum atomic E-state index is -1.26. The summed E-state index contributed by atoms with van der Waals surface area (Å²) in [6.45, 7) is 0.0357. The fourth-order valence-corrected chi connectivity index (χ4v) is 2.78. The van der Waals surface area contributed by atoms with Gasteiger partial charge in [0, 0.05) is 18.8 Å². The van der Waals surface area contributed by atoms with Gasteiger partial charge in [0.15, 0.2) is 11.9 Å². The van der Waals surface area contributed by atoms with Gasteiger partial charge in [-0.2, -0.15) is 12.6 Å². The molecule has 0 saturated carbocycles. The summed E-state index contributed by atoms with van der Waals surface area (Å²) in [7, 11) is 0. The van der Waals surface area contributed by atoms with Crippen LogP contribution in [0.2, 0.25) is 0 Å². The van der Waals surface area contributed by atoms with Gasteiger partial charge >= 0.3 is 5.97 Å². The zero-order valence-corrected chi connectivity index (χ0v) is 19.1. The number of carboxylic acids is 1. The number of amides is 3. The lowest BCUT2D eigenvalue weighted by Crippen LogP contribution is -2.56. The van der Waals surface area contributed by atoms with Crippen LogP contribution in [0.25, 0.3) is 0 Å². The largest absolute Gasteiger partial charge is 0.480 e. The smallest absolute Gasteiger partial charge is 0.326 e. The van der Waals surface area contributed by atoms with E-state index in [9.17, 15) is 24.3 Å². The predicted molar refractivity (Wildman–Crippen MR) is 126 cm³/mol. The Balaban J connectivity index is 5.29. The van der Waals surface area contributed by atoms with Crippen LogP contribution in [0.1, 0.15) is 25.7 Å². The number of nitrogens with two attached hydrogens (primary N) is 5. The van der Waals surface area contributed by atoms with Gasteiger partial charge in [0.05, 0.1) is 6.54 Å². The van der Waals surface area contributed by atoms with E-state index in [4.69, 9.17) is 28.7 Å². The molecule has 0 aromatic carbocycles. The van der Waals surface area contributed by atoms with E-state index >= 15 is 0 Å². The highest BCUT2D eigenvalue weighted by molar-refractivity contribution is 7.80. The highest BCUT2D eigenvalue weighted by atomic mass is 32.1. The first-order valence-electron chi connectivity index (χ1n) is 10.1. The molecular formula is C17H34N10O5S. The highest BCUT2D eigenvalue weighted by Crippen LogP contribution is 2.04. The number of aliphatic carboxylic acids is 1. The highest BCUT2D eigenvalue weighted by Gasteiger charge is 2.28. The van der Waals surface area contributed by atoms with E-state index in [1.165, 1.54) is 0 Å². The number of carbonyl (C=O) groups is 4. The molecule has 0 heterocycles. The fraction of sp³-hybridized carbons (Fsp3) is 0.647. The van der Waals surface area contributed by atoms with E-state index in [1.54, 1.807) is 0 Å². The third kappa shape index (κ3) is 13.7. The number of rotatable bonds is 16. The molecule has 0 rings (SSSR count). The van der Waals surface area contributed by atoms with Crippen molar-refractivity contribution in [2.75, 3.05) is 25.4 Å². The van der Waals surface area contributed by atoms with Gasteiger partial charge < -0.3 is 49.7 Å². The molecule has 0 aliphatic rings. The maximum atomic E-state index is 12.8. The molecule has 0 bridgehead atoms. The molecule has 0 aliphatic carbocycles. The zero-order valence-electron chi connectivity index (χ0n) is 18.2. The average Bonchev–Trinajstić information content (AvgIpc) is 2.74. The molecule has 188 valence electrons. The Kier molecular flexibility index (Phi) is 14.8. The van der Waals surface area contributed by atoms with Crippen molar-refractivity contribution in [2.45, 2.75) is 43.8 Å². The summed E-state index contributed by atoms with van der Waals surface area (Å²) in [4.78, 5) is 56.0. The molecule has 0 saturated heterocycles. The molecule has 0 aromatic heterocycles. The summed E-state index contributed by atoms with van der Waals surface area (Å²) in [6.07, 6.45) is 0.750. The van der Waals surface area contributed by atoms with Crippen LogP contribution in [-0.2, 0) is 19.2 Å². The summed E-state index contributed by atoms with van der Waals surface area (Å²) in [5.41, 5.74) is 26.2. The Bertz CT molecular complexity index is 725. The lowest BCUT2D eigenvalue weighted by molar-refractivity contribution is -0.142. The number of carboxylic acid groups (broad SMARTS) is 1. The first-order valence-corrected chi connectivity index (χ1v) is 10.7. The summed E-state index contributed by atoms with van der Waals surface area (Å²) < 4.78 is 0. The third-order valence-corrected chi connectivity index (χ3v) is 4.52. The van der Waals surface area contributed by atoms with Gasteiger partial charge in [0.2, 0.25) is 17.7 Å². The SMILES string of the molecule is NCC(=O)NC(CS)C(=O)NC(CCCN=C(N)N)C(=O)NC(CCCN=C(N)N)C(=O)O. The zero-order chi connectivity index (χ0) is 25.4. The Labute approximate surface area is 196 Å². The van der Waals surface area contributed by atoms with E-state index < -0.39 is 41.8 Å². The standard InChI is InChI=1S/C17H34N10O5S/c18-7-12(28)25-11(8-33)14(30)26-9(3-1-5-23-16(19)20)13(29)27-10(15(31)32)4-2-6-24-17(21)22/h9-11,33H,1-8,18H2,(H,25,28)(H,26,30)(H,27,29)(H,31,32)(H4,19,20,23)(H4,21,22,24). The van der Waals surface area contributed by atoms with Gasteiger partial charge in [-0.3, -0.25) is 24.4 Å². The lowest BCUT2D eigenvalue weighted by atomic mass is 10.1. The quantitative estimate of drug-likeness (QED) is 0.0428. The molecule has 0 aliphatic heterocycles. The van der Waals surface area contributed by atoms with Crippen LogP contribution in [-0.4, -0.2) is 84.2 Å². The molecule has 15 nitrogen and oxygen atoms in total. The van der Waals surface area contributed by atoms with Crippen LogP contribution >= 0.6 is 12.6 Å². The van der Waals surface area contributed by atoms with Gasteiger partial charge in [0.1, 0.15) is 18.1 Å². The predicted octanol–water partition coefficient (Wildman–Crippen LogP) is -4.48. The number of hydrogen-bond acceptors (Lipinski definition) is 8. The van der Waals surface area contributed by atoms with Crippen molar-refractivity contribution < 1.29 is 24.3 Å². The average molecular weight is 491 g/mol. The first-order chi connectivity index (χ1) is 15.5. The number of thiol groups is 1. The minimum Gasteiger partial charge on any atom is -0.480 e. The van der Waals surface area contributed by atoms with E-state index in [1.807, 2.05) is 0 Å². The van der Waals surface area contributed by atoms with Crippen LogP contribution < -0.4 is 44.6 Å². The van der Waals surface area contributed by atoms with Gasteiger partial charge in [-0.1, -0.05) is 0 Å². The van der Waals surface area contributed by atoms with Crippen molar-refractivity contribution in [1.29, 1.82) is 0 Å². The molecular weight excluding hydrogens is 456 g/mol.